The maximum atomic E-state index is 13.3. The fourth-order valence-electron chi connectivity index (χ4n) is 1.69. The fraction of sp³-hybridized carbons (Fsp3) is 0.154. The van der Waals surface area contributed by atoms with Gasteiger partial charge in [0.2, 0.25) is 0 Å². The van der Waals surface area contributed by atoms with Crippen LogP contribution in [0.1, 0.15) is 26.4 Å². The minimum absolute atomic E-state index is 0.132. The van der Waals surface area contributed by atoms with Gasteiger partial charge >= 0.3 is 0 Å². The molecule has 0 radical (unpaired) electrons. The van der Waals surface area contributed by atoms with Crippen LogP contribution in [0.5, 0.6) is 0 Å². The topological polar surface area (TPSA) is 17.1 Å². The molecule has 0 N–H and O–H groups in total. The maximum absolute atomic E-state index is 13.3. The lowest BCUT2D eigenvalue weighted by atomic mass is 10.0. The third-order valence-corrected chi connectivity index (χ3v) is 3.99. The van der Waals surface area contributed by atoms with Crippen molar-refractivity contribution < 1.29 is 9.18 Å². The molecule has 0 spiro atoms. The highest BCUT2D eigenvalue weighted by Gasteiger charge is 2.15. The third kappa shape index (κ3) is 2.64. The molecular weight excluding hydrogens is 303 g/mol. The number of aryl methyl sites for hydroxylation is 2. The molecule has 2 rings (SSSR count). The summed E-state index contributed by atoms with van der Waals surface area (Å²) in [7, 11) is 0. The van der Waals surface area contributed by atoms with E-state index in [4.69, 9.17) is 0 Å². The van der Waals surface area contributed by atoms with Crippen LogP contribution in [-0.2, 0) is 0 Å². The summed E-state index contributed by atoms with van der Waals surface area (Å²) in [6.07, 6.45) is 0. The average molecular weight is 313 g/mol. The second kappa shape index (κ2) is 4.70. The molecule has 0 atom stereocenters. The van der Waals surface area contributed by atoms with Gasteiger partial charge < -0.3 is 0 Å². The van der Waals surface area contributed by atoms with E-state index in [0.717, 1.165) is 14.2 Å². The molecule has 0 aliphatic carbocycles. The monoisotopic (exact) mass is 312 g/mol. The van der Waals surface area contributed by atoms with Gasteiger partial charge in [0.05, 0.1) is 3.79 Å². The predicted molar refractivity (Wildman–Crippen MR) is 71.3 cm³/mol. The van der Waals surface area contributed by atoms with Crippen molar-refractivity contribution in [2.24, 2.45) is 0 Å². The van der Waals surface area contributed by atoms with E-state index in [1.54, 1.807) is 19.1 Å². The number of benzene rings is 1. The summed E-state index contributed by atoms with van der Waals surface area (Å²) in [5.74, 6) is -0.507. The Balaban J connectivity index is 2.47. The van der Waals surface area contributed by atoms with Gasteiger partial charge in [0.25, 0.3) is 0 Å². The lowest BCUT2D eigenvalue weighted by Crippen LogP contribution is -2.02. The molecule has 17 heavy (non-hydrogen) atoms. The minimum Gasteiger partial charge on any atom is -0.289 e. The van der Waals surface area contributed by atoms with Gasteiger partial charge in [-0.25, -0.2) is 4.39 Å². The Labute approximate surface area is 111 Å². The number of rotatable bonds is 2. The van der Waals surface area contributed by atoms with E-state index in [-0.39, 0.29) is 11.6 Å². The number of halogens is 2. The highest BCUT2D eigenvalue weighted by atomic mass is 79.9. The van der Waals surface area contributed by atoms with E-state index in [1.165, 1.54) is 23.5 Å². The smallest absolute Gasteiger partial charge is 0.194 e. The Kier molecular flexibility index (Phi) is 3.45. The Hall–Kier alpha value is -1.00. The van der Waals surface area contributed by atoms with Crippen molar-refractivity contribution in [3.05, 3.63) is 55.4 Å². The van der Waals surface area contributed by atoms with Crippen molar-refractivity contribution in [3.63, 3.8) is 0 Å². The molecule has 0 saturated carbocycles. The van der Waals surface area contributed by atoms with E-state index >= 15 is 0 Å². The van der Waals surface area contributed by atoms with Crippen molar-refractivity contribution >= 4 is 33.0 Å². The van der Waals surface area contributed by atoms with Gasteiger partial charge in [-0.2, -0.15) is 0 Å². The molecule has 0 unspecified atom stereocenters. The van der Waals surface area contributed by atoms with Gasteiger partial charge in [-0.3, -0.25) is 4.79 Å². The molecule has 1 aromatic heterocycles. The number of hydrogen-bond donors (Lipinski definition) is 0. The van der Waals surface area contributed by atoms with Crippen LogP contribution in [0.15, 0.2) is 28.1 Å². The standard InChI is InChI=1S/C13H10BrFOS/c1-7-3-9(5-10(15)4-7)13(16)11-6-12(14)17-8(11)2/h3-6H,1-2H3. The summed E-state index contributed by atoms with van der Waals surface area (Å²) in [5, 5.41) is 0. The first-order valence-electron chi connectivity index (χ1n) is 5.05. The van der Waals surface area contributed by atoms with Gasteiger partial charge in [0, 0.05) is 16.0 Å². The molecule has 88 valence electrons. The van der Waals surface area contributed by atoms with Gasteiger partial charge in [-0.1, -0.05) is 0 Å². The van der Waals surface area contributed by atoms with Gasteiger partial charge in [-0.05, 0) is 59.6 Å². The van der Waals surface area contributed by atoms with Crippen molar-refractivity contribution in [2.75, 3.05) is 0 Å². The molecule has 0 amide bonds. The zero-order valence-corrected chi connectivity index (χ0v) is 11.8. The van der Waals surface area contributed by atoms with Crippen molar-refractivity contribution in [1.29, 1.82) is 0 Å². The van der Waals surface area contributed by atoms with Crippen LogP contribution in [0, 0.1) is 19.7 Å². The molecule has 0 aliphatic heterocycles. The fourth-order valence-corrected chi connectivity index (χ4v) is 3.38. The maximum Gasteiger partial charge on any atom is 0.194 e. The third-order valence-electron chi connectivity index (χ3n) is 2.44. The quantitative estimate of drug-likeness (QED) is 0.746. The minimum atomic E-state index is -0.375. The summed E-state index contributed by atoms with van der Waals surface area (Å²) in [4.78, 5) is 13.1. The van der Waals surface area contributed by atoms with Crippen LogP contribution in [0.2, 0.25) is 0 Å². The van der Waals surface area contributed by atoms with E-state index in [2.05, 4.69) is 15.9 Å². The highest BCUT2D eigenvalue weighted by molar-refractivity contribution is 9.11. The Bertz CT molecular complexity index is 569. The molecule has 0 aliphatic rings. The van der Waals surface area contributed by atoms with Crippen LogP contribution >= 0.6 is 27.3 Å². The summed E-state index contributed by atoms with van der Waals surface area (Å²) in [6, 6.07) is 6.17. The first kappa shape index (κ1) is 12.5. The number of hydrogen-bond acceptors (Lipinski definition) is 2. The van der Waals surface area contributed by atoms with Crippen LogP contribution < -0.4 is 0 Å². The van der Waals surface area contributed by atoms with Gasteiger partial charge in [0.15, 0.2) is 5.78 Å². The summed E-state index contributed by atoms with van der Waals surface area (Å²) < 4.78 is 14.2. The molecule has 2 aromatic rings. The molecule has 1 aromatic carbocycles. The van der Waals surface area contributed by atoms with Crippen molar-refractivity contribution in [2.45, 2.75) is 13.8 Å². The van der Waals surface area contributed by atoms with Crippen LogP contribution in [-0.4, -0.2) is 5.78 Å². The SMILES string of the molecule is Cc1cc(F)cc(C(=O)c2cc(Br)sc2C)c1. The lowest BCUT2D eigenvalue weighted by Gasteiger charge is -2.02. The number of ketones is 1. The number of carbonyl (C=O) groups is 1. The predicted octanol–water partition coefficient (Wildman–Crippen LogP) is 4.50. The Morgan fingerprint density at radius 1 is 1.24 bits per heavy atom. The van der Waals surface area contributed by atoms with E-state index in [1.807, 2.05) is 6.92 Å². The van der Waals surface area contributed by atoms with Crippen LogP contribution in [0.4, 0.5) is 4.39 Å². The second-order valence-electron chi connectivity index (χ2n) is 3.87. The Morgan fingerprint density at radius 2 is 1.94 bits per heavy atom. The molecule has 1 heterocycles. The summed E-state index contributed by atoms with van der Waals surface area (Å²) in [6.45, 7) is 3.66. The Morgan fingerprint density at radius 3 is 2.47 bits per heavy atom. The summed E-state index contributed by atoms with van der Waals surface area (Å²) in [5.41, 5.74) is 1.78. The zero-order valence-electron chi connectivity index (χ0n) is 9.38. The van der Waals surface area contributed by atoms with Gasteiger partial charge in [0.1, 0.15) is 5.82 Å². The lowest BCUT2D eigenvalue weighted by molar-refractivity contribution is 0.103. The molecular formula is C13H10BrFOS. The van der Waals surface area contributed by atoms with E-state index in [0.29, 0.717) is 11.1 Å². The second-order valence-corrected chi connectivity index (χ2v) is 6.50. The largest absolute Gasteiger partial charge is 0.289 e. The van der Waals surface area contributed by atoms with Crippen LogP contribution in [0.25, 0.3) is 0 Å². The molecule has 0 fully saturated rings. The number of thiophene rings is 1. The molecule has 0 bridgehead atoms. The van der Waals surface area contributed by atoms with E-state index < -0.39 is 0 Å². The highest BCUT2D eigenvalue weighted by Crippen LogP contribution is 2.28. The number of carbonyl (C=O) groups excluding carboxylic acids is 1. The van der Waals surface area contributed by atoms with Gasteiger partial charge in [-0.15, -0.1) is 11.3 Å². The first-order chi connectivity index (χ1) is 7.97. The zero-order chi connectivity index (χ0) is 12.6. The normalized spacial score (nSPS) is 10.6. The molecule has 0 saturated heterocycles. The van der Waals surface area contributed by atoms with Crippen molar-refractivity contribution in [1.82, 2.24) is 0 Å². The molecule has 1 nitrogen and oxygen atoms in total. The molecule has 4 heteroatoms. The van der Waals surface area contributed by atoms with Crippen LogP contribution in [0.3, 0.4) is 0 Å². The average Bonchev–Trinajstić information content (AvgIpc) is 2.55. The van der Waals surface area contributed by atoms with Crippen molar-refractivity contribution in [3.8, 4) is 0 Å². The summed E-state index contributed by atoms with van der Waals surface area (Å²) >= 11 is 4.85. The van der Waals surface area contributed by atoms with E-state index in [9.17, 15) is 9.18 Å². The first-order valence-corrected chi connectivity index (χ1v) is 6.66.